The van der Waals surface area contributed by atoms with E-state index >= 15 is 0 Å². The highest BCUT2D eigenvalue weighted by Gasteiger charge is 2.03. The number of ketones is 1. The quantitative estimate of drug-likeness (QED) is 0.668. The van der Waals surface area contributed by atoms with Crippen LogP contribution in [0.15, 0.2) is 42.6 Å². The van der Waals surface area contributed by atoms with Crippen molar-refractivity contribution >= 4 is 34.6 Å². The standard InChI is InChI=1S/C15H15N3OS/c1-10-6-7-16-14(8-10)18-15(20)17-13-5-3-4-12(9-13)11(2)19/h3-9H,1-2H3,(H2,16,17,18,20). The van der Waals surface area contributed by atoms with E-state index in [9.17, 15) is 4.79 Å². The van der Waals surface area contributed by atoms with E-state index in [1.807, 2.05) is 31.2 Å². The Bertz CT molecular complexity index is 655. The Balaban J connectivity index is 2.04. The highest BCUT2D eigenvalue weighted by atomic mass is 32.1. The van der Waals surface area contributed by atoms with Gasteiger partial charge in [0, 0.05) is 17.4 Å². The minimum Gasteiger partial charge on any atom is -0.332 e. The van der Waals surface area contributed by atoms with Gasteiger partial charge in [-0.1, -0.05) is 12.1 Å². The summed E-state index contributed by atoms with van der Waals surface area (Å²) in [5, 5.41) is 6.47. The van der Waals surface area contributed by atoms with Crippen LogP contribution in [0.4, 0.5) is 11.5 Å². The van der Waals surface area contributed by atoms with Gasteiger partial charge < -0.3 is 10.6 Å². The molecule has 0 radical (unpaired) electrons. The van der Waals surface area contributed by atoms with Crippen LogP contribution in [0.5, 0.6) is 0 Å². The van der Waals surface area contributed by atoms with E-state index in [1.54, 1.807) is 18.3 Å². The van der Waals surface area contributed by atoms with Gasteiger partial charge in [-0.3, -0.25) is 4.79 Å². The van der Waals surface area contributed by atoms with Crippen LogP contribution in [0.1, 0.15) is 22.8 Å². The van der Waals surface area contributed by atoms with E-state index in [-0.39, 0.29) is 5.78 Å². The molecule has 0 aliphatic carbocycles. The van der Waals surface area contributed by atoms with E-state index in [1.165, 1.54) is 6.92 Å². The molecule has 2 N–H and O–H groups in total. The number of hydrogen-bond acceptors (Lipinski definition) is 3. The van der Waals surface area contributed by atoms with Gasteiger partial charge >= 0.3 is 0 Å². The van der Waals surface area contributed by atoms with Crippen molar-refractivity contribution in [2.24, 2.45) is 0 Å². The number of thiocarbonyl (C=S) groups is 1. The first-order valence-corrected chi connectivity index (χ1v) is 6.57. The number of carbonyl (C=O) groups is 1. The third-order valence-electron chi connectivity index (χ3n) is 2.68. The van der Waals surface area contributed by atoms with E-state index in [0.29, 0.717) is 16.5 Å². The number of nitrogens with one attached hydrogen (secondary N) is 2. The summed E-state index contributed by atoms with van der Waals surface area (Å²) in [6.07, 6.45) is 1.72. The molecule has 1 heterocycles. The Kier molecular flexibility index (Phi) is 4.42. The second-order valence-corrected chi connectivity index (χ2v) is 4.84. The molecular weight excluding hydrogens is 270 g/mol. The molecule has 1 aromatic heterocycles. The minimum atomic E-state index is 0.0212. The van der Waals surface area contributed by atoms with Gasteiger partial charge in [0.2, 0.25) is 0 Å². The Morgan fingerprint density at radius 3 is 2.70 bits per heavy atom. The molecule has 0 aliphatic rings. The third kappa shape index (κ3) is 3.86. The minimum absolute atomic E-state index is 0.0212. The van der Waals surface area contributed by atoms with Crippen molar-refractivity contribution in [3.05, 3.63) is 53.7 Å². The van der Waals surface area contributed by atoms with Crippen LogP contribution in [0.3, 0.4) is 0 Å². The number of carbonyl (C=O) groups excluding carboxylic acids is 1. The number of anilines is 2. The number of aromatic nitrogens is 1. The summed E-state index contributed by atoms with van der Waals surface area (Å²) in [5.41, 5.74) is 2.51. The van der Waals surface area contributed by atoms with Crippen LogP contribution < -0.4 is 10.6 Å². The van der Waals surface area contributed by atoms with Crippen molar-refractivity contribution in [3.8, 4) is 0 Å². The van der Waals surface area contributed by atoms with E-state index < -0.39 is 0 Å². The Morgan fingerprint density at radius 2 is 2.00 bits per heavy atom. The van der Waals surface area contributed by atoms with Crippen molar-refractivity contribution in [2.45, 2.75) is 13.8 Å². The van der Waals surface area contributed by atoms with Crippen molar-refractivity contribution in [1.82, 2.24) is 4.98 Å². The lowest BCUT2D eigenvalue weighted by Crippen LogP contribution is -2.19. The van der Waals surface area contributed by atoms with Crippen molar-refractivity contribution < 1.29 is 4.79 Å². The summed E-state index contributed by atoms with van der Waals surface area (Å²) in [5.74, 6) is 0.707. The lowest BCUT2D eigenvalue weighted by molar-refractivity contribution is 0.101. The molecule has 2 aromatic rings. The zero-order chi connectivity index (χ0) is 14.5. The maximum absolute atomic E-state index is 11.3. The molecule has 0 saturated carbocycles. The predicted octanol–water partition coefficient (Wildman–Crippen LogP) is 3.40. The highest BCUT2D eigenvalue weighted by Crippen LogP contribution is 2.12. The molecule has 0 atom stereocenters. The topological polar surface area (TPSA) is 54.0 Å². The van der Waals surface area contributed by atoms with Crippen molar-refractivity contribution in [3.63, 3.8) is 0 Å². The molecule has 0 saturated heterocycles. The average molecular weight is 285 g/mol. The van der Waals surface area contributed by atoms with Gasteiger partial charge in [-0.05, 0) is 55.9 Å². The first kappa shape index (κ1) is 14.1. The molecule has 5 heteroatoms. The maximum Gasteiger partial charge on any atom is 0.176 e. The molecule has 4 nitrogen and oxygen atoms in total. The number of aryl methyl sites for hydroxylation is 1. The fraction of sp³-hybridized carbons (Fsp3) is 0.133. The van der Waals surface area contributed by atoms with Gasteiger partial charge in [-0.25, -0.2) is 4.98 Å². The summed E-state index contributed by atoms with van der Waals surface area (Å²) in [4.78, 5) is 15.5. The average Bonchev–Trinajstić information content (AvgIpc) is 2.38. The molecule has 0 fully saturated rings. The highest BCUT2D eigenvalue weighted by molar-refractivity contribution is 7.80. The van der Waals surface area contributed by atoms with E-state index in [2.05, 4.69) is 15.6 Å². The van der Waals surface area contributed by atoms with Crippen LogP contribution in [-0.4, -0.2) is 15.9 Å². The summed E-state index contributed by atoms with van der Waals surface area (Å²) >= 11 is 5.22. The van der Waals surface area contributed by atoms with Crippen LogP contribution in [0.2, 0.25) is 0 Å². The summed E-state index contributed by atoms with van der Waals surface area (Å²) in [6, 6.07) is 11.0. The van der Waals surface area contributed by atoms with Crippen LogP contribution >= 0.6 is 12.2 Å². The summed E-state index contributed by atoms with van der Waals surface area (Å²) in [6.45, 7) is 3.52. The van der Waals surface area contributed by atoms with Crippen LogP contribution in [-0.2, 0) is 0 Å². The van der Waals surface area contributed by atoms with Gasteiger partial charge in [-0.2, -0.15) is 0 Å². The number of Topliss-reactive ketones (excluding diaryl/α,β-unsaturated/α-hetero) is 1. The molecule has 1 aromatic carbocycles. The molecule has 0 unspecified atom stereocenters. The second kappa shape index (κ2) is 6.25. The number of benzene rings is 1. The van der Waals surface area contributed by atoms with Crippen LogP contribution in [0, 0.1) is 6.92 Å². The molecule has 2 rings (SSSR count). The first-order valence-electron chi connectivity index (χ1n) is 6.16. The fourth-order valence-corrected chi connectivity index (χ4v) is 1.92. The zero-order valence-electron chi connectivity index (χ0n) is 11.3. The largest absolute Gasteiger partial charge is 0.332 e. The summed E-state index contributed by atoms with van der Waals surface area (Å²) in [7, 11) is 0. The molecule has 0 spiro atoms. The zero-order valence-corrected chi connectivity index (χ0v) is 12.1. The Hall–Kier alpha value is -2.27. The molecule has 102 valence electrons. The van der Waals surface area contributed by atoms with Crippen molar-refractivity contribution in [2.75, 3.05) is 10.6 Å². The predicted molar refractivity (Wildman–Crippen MR) is 85.3 cm³/mol. The fourth-order valence-electron chi connectivity index (χ4n) is 1.70. The molecule has 20 heavy (non-hydrogen) atoms. The Labute approximate surface area is 123 Å². The van der Waals surface area contributed by atoms with Gasteiger partial charge in [0.1, 0.15) is 5.82 Å². The smallest absolute Gasteiger partial charge is 0.176 e. The summed E-state index contributed by atoms with van der Waals surface area (Å²) < 4.78 is 0. The monoisotopic (exact) mass is 285 g/mol. The maximum atomic E-state index is 11.3. The van der Waals surface area contributed by atoms with E-state index in [0.717, 1.165) is 11.3 Å². The second-order valence-electron chi connectivity index (χ2n) is 4.43. The third-order valence-corrected chi connectivity index (χ3v) is 2.89. The van der Waals surface area contributed by atoms with Gasteiger partial charge in [0.05, 0.1) is 0 Å². The van der Waals surface area contributed by atoms with Crippen LogP contribution in [0.25, 0.3) is 0 Å². The van der Waals surface area contributed by atoms with E-state index in [4.69, 9.17) is 12.2 Å². The van der Waals surface area contributed by atoms with Gasteiger partial charge in [0.15, 0.2) is 10.9 Å². The van der Waals surface area contributed by atoms with Crippen molar-refractivity contribution in [1.29, 1.82) is 0 Å². The molecule has 0 bridgehead atoms. The van der Waals surface area contributed by atoms with Gasteiger partial charge in [0.25, 0.3) is 0 Å². The number of pyridine rings is 1. The molecule has 0 aliphatic heterocycles. The Morgan fingerprint density at radius 1 is 1.20 bits per heavy atom. The SMILES string of the molecule is CC(=O)c1cccc(NC(=S)Nc2cc(C)ccn2)c1. The number of nitrogens with zero attached hydrogens (tertiary/aromatic N) is 1. The normalized spacial score (nSPS) is 9.90. The molecule has 0 amide bonds. The number of rotatable bonds is 3. The number of hydrogen-bond donors (Lipinski definition) is 2. The molecular formula is C15H15N3OS. The van der Waals surface area contributed by atoms with Gasteiger partial charge in [-0.15, -0.1) is 0 Å². The lowest BCUT2D eigenvalue weighted by atomic mass is 10.1. The first-order chi connectivity index (χ1) is 9.54. The lowest BCUT2D eigenvalue weighted by Gasteiger charge is -2.10.